The summed E-state index contributed by atoms with van der Waals surface area (Å²) >= 11 is 1.70. The number of likely N-dealkylation sites (tertiary alicyclic amines) is 1. The molecule has 0 saturated carbocycles. The van der Waals surface area contributed by atoms with E-state index in [1.165, 1.54) is 10.5 Å². The maximum Gasteiger partial charge on any atom is 0.322 e. The van der Waals surface area contributed by atoms with Crippen LogP contribution in [0.1, 0.15) is 18.9 Å². The van der Waals surface area contributed by atoms with E-state index < -0.39 is 0 Å². The molecule has 2 amide bonds. The number of anilines is 1. The molecule has 138 valence electrons. The lowest BCUT2D eigenvalue weighted by Crippen LogP contribution is -2.44. The first-order valence-electron chi connectivity index (χ1n) is 9.17. The number of nitrogens with zero attached hydrogens (tertiary/aromatic N) is 2. The lowest BCUT2D eigenvalue weighted by molar-refractivity contribution is 0.189. The van der Waals surface area contributed by atoms with Gasteiger partial charge >= 0.3 is 6.03 Å². The van der Waals surface area contributed by atoms with Gasteiger partial charge in [0.15, 0.2) is 0 Å². The van der Waals surface area contributed by atoms with Crippen LogP contribution in [0.5, 0.6) is 0 Å². The predicted octanol–water partition coefficient (Wildman–Crippen LogP) is 4.54. The predicted molar refractivity (Wildman–Crippen MR) is 110 cm³/mol. The number of thioether (sulfide) groups is 1. The van der Waals surface area contributed by atoms with Gasteiger partial charge in [0.05, 0.1) is 0 Å². The van der Waals surface area contributed by atoms with Gasteiger partial charge < -0.3 is 10.2 Å². The van der Waals surface area contributed by atoms with Gasteiger partial charge in [0.1, 0.15) is 0 Å². The molecule has 4 nitrogen and oxygen atoms in total. The maximum absolute atomic E-state index is 12.7. The van der Waals surface area contributed by atoms with E-state index in [1.807, 2.05) is 41.5 Å². The molecule has 1 fully saturated rings. The van der Waals surface area contributed by atoms with Crippen LogP contribution in [-0.2, 0) is 6.54 Å². The van der Waals surface area contributed by atoms with Crippen LogP contribution < -0.4 is 5.32 Å². The zero-order chi connectivity index (χ0) is 18.4. The van der Waals surface area contributed by atoms with Crippen molar-refractivity contribution in [1.82, 2.24) is 9.80 Å². The molecule has 0 bridgehead atoms. The normalized spacial score (nSPS) is 17.2. The molecule has 1 heterocycles. The Kier molecular flexibility index (Phi) is 6.58. The quantitative estimate of drug-likeness (QED) is 0.760. The average molecular weight is 370 g/mol. The van der Waals surface area contributed by atoms with Crippen LogP contribution in [0.2, 0.25) is 0 Å². The zero-order valence-corrected chi connectivity index (χ0v) is 16.3. The monoisotopic (exact) mass is 369 g/mol. The highest BCUT2D eigenvalue weighted by Crippen LogP contribution is 2.21. The molecule has 1 saturated heterocycles. The highest BCUT2D eigenvalue weighted by atomic mass is 32.2. The number of carbonyl (C=O) groups excluding carboxylic acids is 1. The Hall–Kier alpha value is -1.98. The first kappa shape index (κ1) is 18.8. The van der Waals surface area contributed by atoms with E-state index in [1.54, 1.807) is 11.8 Å². The van der Waals surface area contributed by atoms with E-state index in [0.29, 0.717) is 0 Å². The maximum atomic E-state index is 12.7. The van der Waals surface area contributed by atoms with Gasteiger partial charge in [0.25, 0.3) is 0 Å². The Morgan fingerprint density at radius 2 is 1.92 bits per heavy atom. The molecule has 2 aromatic carbocycles. The number of rotatable bonds is 6. The summed E-state index contributed by atoms with van der Waals surface area (Å²) in [6.45, 7) is 5.69. The minimum Gasteiger partial charge on any atom is -0.320 e. The summed E-state index contributed by atoms with van der Waals surface area (Å²) in [5.74, 6) is 0. The summed E-state index contributed by atoms with van der Waals surface area (Å²) in [5.41, 5.74) is 2.18. The SMILES string of the molecule is CCN(C(=O)Nc1ccc(SC)cc1)C1CCN(Cc2ccccc2)C1. The van der Waals surface area contributed by atoms with Crippen molar-refractivity contribution in [2.45, 2.75) is 30.8 Å². The van der Waals surface area contributed by atoms with E-state index in [-0.39, 0.29) is 12.1 Å². The van der Waals surface area contributed by atoms with E-state index in [9.17, 15) is 4.79 Å². The molecule has 1 unspecified atom stereocenters. The molecule has 5 heteroatoms. The molecule has 1 atom stereocenters. The standard InChI is InChI=1S/C21H27N3OS/c1-3-24(21(25)22-18-9-11-20(26-2)12-10-18)19-13-14-23(16-19)15-17-7-5-4-6-8-17/h4-12,19H,3,13-16H2,1-2H3,(H,22,25). The topological polar surface area (TPSA) is 35.6 Å². The minimum atomic E-state index is -0.00374. The lowest BCUT2D eigenvalue weighted by Gasteiger charge is -2.28. The number of hydrogen-bond donors (Lipinski definition) is 1. The Labute approximate surface area is 160 Å². The molecule has 26 heavy (non-hydrogen) atoms. The molecule has 1 N–H and O–H groups in total. The third-order valence-electron chi connectivity index (χ3n) is 4.88. The number of amides is 2. The van der Waals surface area contributed by atoms with Crippen molar-refractivity contribution in [3.8, 4) is 0 Å². The fraction of sp³-hybridized carbons (Fsp3) is 0.381. The van der Waals surface area contributed by atoms with Crippen molar-refractivity contribution in [3.63, 3.8) is 0 Å². The van der Waals surface area contributed by atoms with E-state index in [0.717, 1.165) is 38.3 Å². The summed E-state index contributed by atoms with van der Waals surface area (Å²) in [6, 6.07) is 18.8. The summed E-state index contributed by atoms with van der Waals surface area (Å²) in [5, 5.41) is 3.04. The summed E-state index contributed by atoms with van der Waals surface area (Å²) in [7, 11) is 0. The fourth-order valence-corrected chi connectivity index (χ4v) is 3.90. The summed E-state index contributed by atoms with van der Waals surface area (Å²) in [6.07, 6.45) is 3.08. The highest BCUT2D eigenvalue weighted by Gasteiger charge is 2.29. The van der Waals surface area contributed by atoms with Crippen LogP contribution >= 0.6 is 11.8 Å². The van der Waals surface area contributed by atoms with Crippen molar-refractivity contribution in [2.24, 2.45) is 0 Å². The molecule has 2 aromatic rings. The fourth-order valence-electron chi connectivity index (χ4n) is 3.49. The van der Waals surface area contributed by atoms with E-state index in [4.69, 9.17) is 0 Å². The van der Waals surface area contributed by atoms with Gasteiger partial charge in [-0.25, -0.2) is 4.79 Å². The summed E-state index contributed by atoms with van der Waals surface area (Å²) < 4.78 is 0. The van der Waals surface area contributed by atoms with Gasteiger partial charge in [-0.1, -0.05) is 30.3 Å². The molecule has 0 aromatic heterocycles. The zero-order valence-electron chi connectivity index (χ0n) is 15.5. The molecule has 3 rings (SSSR count). The average Bonchev–Trinajstić information content (AvgIpc) is 3.12. The first-order valence-corrected chi connectivity index (χ1v) is 10.4. The van der Waals surface area contributed by atoms with Gasteiger partial charge in [-0.2, -0.15) is 0 Å². The second-order valence-electron chi connectivity index (χ2n) is 6.61. The lowest BCUT2D eigenvalue weighted by atomic mass is 10.2. The first-order chi connectivity index (χ1) is 12.7. The Bertz CT molecular complexity index is 705. The third-order valence-corrected chi connectivity index (χ3v) is 5.62. The van der Waals surface area contributed by atoms with Crippen molar-refractivity contribution in [1.29, 1.82) is 0 Å². The smallest absolute Gasteiger partial charge is 0.320 e. The molecule has 0 spiro atoms. The van der Waals surface area contributed by atoms with Gasteiger partial charge in [0.2, 0.25) is 0 Å². The number of benzene rings is 2. The Morgan fingerprint density at radius 3 is 2.58 bits per heavy atom. The second-order valence-corrected chi connectivity index (χ2v) is 7.49. The van der Waals surface area contributed by atoms with Crippen LogP contribution in [0.15, 0.2) is 59.5 Å². The largest absolute Gasteiger partial charge is 0.322 e. The van der Waals surface area contributed by atoms with Gasteiger partial charge in [-0.05, 0) is 49.4 Å². The van der Waals surface area contributed by atoms with Gasteiger partial charge in [-0.15, -0.1) is 11.8 Å². The number of urea groups is 1. The number of hydrogen-bond acceptors (Lipinski definition) is 3. The molecule has 0 aliphatic carbocycles. The third kappa shape index (κ3) is 4.80. The van der Waals surface area contributed by atoms with Gasteiger partial charge in [0, 0.05) is 42.8 Å². The highest BCUT2D eigenvalue weighted by molar-refractivity contribution is 7.98. The van der Waals surface area contributed by atoms with Gasteiger partial charge in [-0.3, -0.25) is 4.90 Å². The minimum absolute atomic E-state index is 0.00374. The van der Waals surface area contributed by atoms with E-state index >= 15 is 0 Å². The number of carbonyl (C=O) groups is 1. The van der Waals surface area contributed by atoms with Crippen LogP contribution in [0.25, 0.3) is 0 Å². The van der Waals surface area contributed by atoms with Crippen LogP contribution in [0.3, 0.4) is 0 Å². The van der Waals surface area contributed by atoms with Crippen molar-refractivity contribution in [3.05, 3.63) is 60.2 Å². The molecule has 0 radical (unpaired) electrons. The number of nitrogens with one attached hydrogen (secondary N) is 1. The van der Waals surface area contributed by atoms with Crippen molar-refractivity contribution in [2.75, 3.05) is 31.2 Å². The van der Waals surface area contributed by atoms with Crippen LogP contribution in [0.4, 0.5) is 10.5 Å². The molecular formula is C21H27N3OS. The second kappa shape index (κ2) is 9.10. The summed E-state index contributed by atoms with van der Waals surface area (Å²) in [4.78, 5) is 18.3. The molecule has 1 aliphatic rings. The van der Waals surface area contributed by atoms with E-state index in [2.05, 4.69) is 41.4 Å². The molecule has 1 aliphatic heterocycles. The Balaban J connectivity index is 1.56. The van der Waals surface area contributed by atoms with Crippen molar-refractivity contribution >= 4 is 23.5 Å². The van der Waals surface area contributed by atoms with Crippen LogP contribution in [0, 0.1) is 0 Å². The molecular weight excluding hydrogens is 342 g/mol. The number of likely N-dealkylation sites (N-methyl/N-ethyl adjacent to an activating group) is 1. The van der Waals surface area contributed by atoms with Crippen LogP contribution in [-0.4, -0.2) is 47.8 Å². The van der Waals surface area contributed by atoms with Crippen molar-refractivity contribution < 1.29 is 4.79 Å². The Morgan fingerprint density at radius 1 is 1.19 bits per heavy atom.